The highest BCUT2D eigenvalue weighted by atomic mass is 16.5. The molecule has 0 unspecified atom stereocenters. The molecule has 1 amide bonds. The Kier molecular flexibility index (Phi) is 4.42. The van der Waals surface area contributed by atoms with Crippen LogP contribution in [0.5, 0.6) is 5.88 Å². The molecule has 22 heavy (non-hydrogen) atoms. The zero-order valence-electron chi connectivity index (χ0n) is 12.7. The van der Waals surface area contributed by atoms with Crippen LogP contribution in [0.2, 0.25) is 0 Å². The Morgan fingerprint density at radius 3 is 2.73 bits per heavy atom. The van der Waals surface area contributed by atoms with E-state index in [0.717, 1.165) is 18.5 Å². The summed E-state index contributed by atoms with van der Waals surface area (Å²) in [6, 6.07) is 11.9. The third-order valence-electron chi connectivity index (χ3n) is 3.95. The summed E-state index contributed by atoms with van der Waals surface area (Å²) in [6.45, 7) is 1.76. The van der Waals surface area contributed by atoms with E-state index in [0.29, 0.717) is 11.9 Å². The summed E-state index contributed by atoms with van der Waals surface area (Å²) in [5.74, 6) is 0.388. The van der Waals surface area contributed by atoms with Gasteiger partial charge in [0.2, 0.25) is 5.88 Å². The first kappa shape index (κ1) is 14.6. The van der Waals surface area contributed by atoms with Crippen LogP contribution in [0.15, 0.2) is 42.6 Å². The van der Waals surface area contributed by atoms with E-state index in [9.17, 15) is 4.79 Å². The van der Waals surface area contributed by atoms with Crippen LogP contribution in [0.25, 0.3) is 5.69 Å². The van der Waals surface area contributed by atoms with Gasteiger partial charge in [0.25, 0.3) is 5.91 Å². The van der Waals surface area contributed by atoms with Gasteiger partial charge in [-0.25, -0.2) is 4.68 Å². The van der Waals surface area contributed by atoms with Crippen molar-refractivity contribution in [2.75, 3.05) is 0 Å². The number of amides is 1. The quantitative estimate of drug-likeness (QED) is 0.923. The van der Waals surface area contributed by atoms with Gasteiger partial charge in [-0.15, -0.1) is 5.10 Å². The van der Waals surface area contributed by atoms with Gasteiger partial charge in [0.05, 0.1) is 5.69 Å². The summed E-state index contributed by atoms with van der Waals surface area (Å²) in [5.41, 5.74) is 0.959. The predicted octanol–water partition coefficient (Wildman–Crippen LogP) is 2.70. The molecule has 5 heteroatoms. The first-order chi connectivity index (χ1) is 10.7. The lowest BCUT2D eigenvalue weighted by atomic mass is 10.2. The molecule has 1 fully saturated rings. The number of aromatic nitrogens is 2. The highest BCUT2D eigenvalue weighted by Crippen LogP contribution is 2.18. The van der Waals surface area contributed by atoms with Gasteiger partial charge in [0.1, 0.15) is 0 Å². The second-order valence-electron chi connectivity index (χ2n) is 5.68. The molecule has 1 aromatic carbocycles. The van der Waals surface area contributed by atoms with Crippen molar-refractivity contribution in [2.45, 2.75) is 44.8 Å². The highest BCUT2D eigenvalue weighted by molar-refractivity contribution is 5.80. The third-order valence-corrected chi connectivity index (χ3v) is 3.95. The van der Waals surface area contributed by atoms with E-state index in [1.807, 2.05) is 36.5 Å². The SMILES string of the molecule is C[C@H](Oc1ccn(-c2ccccc2)n1)C(=O)NC1CCCC1. The van der Waals surface area contributed by atoms with Crippen LogP contribution in [0.1, 0.15) is 32.6 Å². The van der Waals surface area contributed by atoms with Crippen molar-refractivity contribution in [1.29, 1.82) is 0 Å². The van der Waals surface area contributed by atoms with Crippen LogP contribution >= 0.6 is 0 Å². The molecule has 1 aliphatic carbocycles. The van der Waals surface area contributed by atoms with E-state index in [4.69, 9.17) is 4.74 Å². The zero-order valence-corrected chi connectivity index (χ0v) is 12.7. The summed E-state index contributed by atoms with van der Waals surface area (Å²) in [7, 11) is 0. The third kappa shape index (κ3) is 3.47. The monoisotopic (exact) mass is 299 g/mol. The summed E-state index contributed by atoms with van der Waals surface area (Å²) in [6.07, 6.45) is 5.82. The topological polar surface area (TPSA) is 56.2 Å². The molecular formula is C17H21N3O2. The number of nitrogens with zero attached hydrogens (tertiary/aromatic N) is 2. The molecule has 5 nitrogen and oxygen atoms in total. The van der Waals surface area contributed by atoms with Crippen molar-refractivity contribution in [3.63, 3.8) is 0 Å². The Hall–Kier alpha value is -2.30. The molecule has 1 aromatic heterocycles. The van der Waals surface area contributed by atoms with Crippen molar-refractivity contribution in [3.05, 3.63) is 42.6 Å². The maximum atomic E-state index is 12.1. The van der Waals surface area contributed by atoms with Gasteiger partial charge in [0, 0.05) is 18.3 Å². The summed E-state index contributed by atoms with van der Waals surface area (Å²) >= 11 is 0. The van der Waals surface area contributed by atoms with Gasteiger partial charge >= 0.3 is 0 Å². The average Bonchev–Trinajstić information content (AvgIpc) is 3.20. The fourth-order valence-electron chi connectivity index (χ4n) is 2.72. The fourth-order valence-corrected chi connectivity index (χ4v) is 2.72. The minimum Gasteiger partial charge on any atom is -0.463 e. The number of hydrogen-bond donors (Lipinski definition) is 1. The Morgan fingerprint density at radius 1 is 1.27 bits per heavy atom. The molecule has 0 radical (unpaired) electrons. The van der Waals surface area contributed by atoms with Crippen LogP contribution in [-0.4, -0.2) is 27.8 Å². The molecule has 116 valence electrons. The first-order valence-corrected chi connectivity index (χ1v) is 7.80. The summed E-state index contributed by atoms with van der Waals surface area (Å²) in [4.78, 5) is 12.1. The predicted molar refractivity (Wildman–Crippen MR) is 84.1 cm³/mol. The Morgan fingerprint density at radius 2 is 2.00 bits per heavy atom. The largest absolute Gasteiger partial charge is 0.463 e. The lowest BCUT2D eigenvalue weighted by Crippen LogP contribution is -2.41. The van der Waals surface area contributed by atoms with Crippen LogP contribution in [0.4, 0.5) is 0 Å². The maximum absolute atomic E-state index is 12.1. The minimum absolute atomic E-state index is 0.0684. The van der Waals surface area contributed by atoms with Crippen molar-refractivity contribution >= 4 is 5.91 Å². The van der Waals surface area contributed by atoms with Gasteiger partial charge in [-0.1, -0.05) is 31.0 Å². The van der Waals surface area contributed by atoms with Crippen LogP contribution in [-0.2, 0) is 4.79 Å². The molecular weight excluding hydrogens is 278 g/mol. The Labute approximate surface area is 130 Å². The number of ether oxygens (including phenoxy) is 1. The van der Waals surface area contributed by atoms with Gasteiger partial charge in [-0.05, 0) is 31.9 Å². The highest BCUT2D eigenvalue weighted by Gasteiger charge is 2.22. The van der Waals surface area contributed by atoms with Crippen molar-refractivity contribution in [3.8, 4) is 11.6 Å². The van der Waals surface area contributed by atoms with Crippen molar-refractivity contribution < 1.29 is 9.53 Å². The number of carbonyl (C=O) groups is 1. The number of nitrogens with one attached hydrogen (secondary N) is 1. The minimum atomic E-state index is -0.542. The normalized spacial score (nSPS) is 16.4. The van der Waals surface area contributed by atoms with E-state index < -0.39 is 6.10 Å². The Balaban J connectivity index is 1.58. The standard InChI is InChI=1S/C17H21N3O2/c1-13(17(21)18-14-7-5-6-8-14)22-16-11-12-20(19-16)15-9-3-2-4-10-15/h2-4,9-14H,5-8H2,1H3,(H,18,21)/t13-/m0/s1. The first-order valence-electron chi connectivity index (χ1n) is 7.80. The molecule has 1 heterocycles. The Bertz CT molecular complexity index is 618. The van der Waals surface area contributed by atoms with E-state index in [1.54, 1.807) is 17.7 Å². The second kappa shape index (κ2) is 6.64. The molecule has 0 spiro atoms. The number of para-hydroxylation sites is 1. The lowest BCUT2D eigenvalue weighted by Gasteiger charge is -2.16. The van der Waals surface area contributed by atoms with Crippen LogP contribution in [0.3, 0.4) is 0 Å². The van der Waals surface area contributed by atoms with E-state index in [1.165, 1.54) is 12.8 Å². The van der Waals surface area contributed by atoms with E-state index in [2.05, 4.69) is 10.4 Å². The molecule has 1 atom stereocenters. The van der Waals surface area contributed by atoms with Crippen LogP contribution < -0.4 is 10.1 Å². The van der Waals surface area contributed by atoms with Gasteiger partial charge in [-0.2, -0.15) is 0 Å². The number of rotatable bonds is 5. The zero-order chi connectivity index (χ0) is 15.4. The lowest BCUT2D eigenvalue weighted by molar-refractivity contribution is -0.128. The fraction of sp³-hybridized carbons (Fsp3) is 0.412. The molecule has 3 rings (SSSR count). The second-order valence-corrected chi connectivity index (χ2v) is 5.68. The van der Waals surface area contributed by atoms with Gasteiger partial charge in [0.15, 0.2) is 6.10 Å². The number of benzene rings is 1. The van der Waals surface area contributed by atoms with Gasteiger partial charge in [-0.3, -0.25) is 4.79 Å². The van der Waals surface area contributed by atoms with Crippen LogP contribution in [0, 0.1) is 0 Å². The van der Waals surface area contributed by atoms with Gasteiger partial charge < -0.3 is 10.1 Å². The van der Waals surface area contributed by atoms with E-state index in [-0.39, 0.29) is 5.91 Å². The van der Waals surface area contributed by atoms with Crippen molar-refractivity contribution in [2.24, 2.45) is 0 Å². The summed E-state index contributed by atoms with van der Waals surface area (Å²) < 4.78 is 7.38. The summed E-state index contributed by atoms with van der Waals surface area (Å²) in [5, 5.41) is 7.39. The maximum Gasteiger partial charge on any atom is 0.261 e. The number of hydrogen-bond acceptors (Lipinski definition) is 3. The van der Waals surface area contributed by atoms with E-state index >= 15 is 0 Å². The molecule has 0 saturated heterocycles. The average molecular weight is 299 g/mol. The molecule has 2 aromatic rings. The molecule has 0 aliphatic heterocycles. The molecule has 1 N–H and O–H groups in total. The smallest absolute Gasteiger partial charge is 0.261 e. The number of carbonyl (C=O) groups excluding carboxylic acids is 1. The molecule has 0 bridgehead atoms. The molecule has 1 aliphatic rings. The molecule has 1 saturated carbocycles. The van der Waals surface area contributed by atoms with Crippen molar-refractivity contribution in [1.82, 2.24) is 15.1 Å².